The van der Waals surface area contributed by atoms with E-state index in [1.807, 2.05) is 13.0 Å². The highest BCUT2D eigenvalue weighted by Crippen LogP contribution is 2.29. The summed E-state index contributed by atoms with van der Waals surface area (Å²) in [5.74, 6) is 0.788. The van der Waals surface area contributed by atoms with E-state index >= 15 is 0 Å². The number of rotatable bonds is 5. The summed E-state index contributed by atoms with van der Waals surface area (Å²) >= 11 is 1.57. The van der Waals surface area contributed by atoms with Crippen LogP contribution in [-0.4, -0.2) is 12.3 Å². The first-order valence-corrected chi connectivity index (χ1v) is 6.33. The Morgan fingerprint density at radius 3 is 2.73 bits per heavy atom. The molecule has 0 heterocycles. The Morgan fingerprint density at radius 1 is 1.40 bits per heavy atom. The molecule has 84 valence electrons. The zero-order chi connectivity index (χ0) is 11.3. The number of hydrogen-bond donors (Lipinski definition) is 1. The van der Waals surface area contributed by atoms with Gasteiger partial charge in [-0.15, -0.1) is 11.8 Å². The number of thioether (sulfide) groups is 1. The van der Waals surface area contributed by atoms with Crippen molar-refractivity contribution >= 4 is 11.8 Å². The quantitative estimate of drug-likeness (QED) is 0.771. The zero-order valence-corrected chi connectivity index (χ0v) is 10.3. The van der Waals surface area contributed by atoms with Gasteiger partial charge in [0.05, 0.1) is 0 Å². The Hall–Kier alpha value is -0.540. The van der Waals surface area contributed by atoms with Crippen LogP contribution in [0.25, 0.3) is 0 Å². The maximum Gasteiger partial charge on any atom is 0.137 e. The molecule has 0 fully saturated rings. The summed E-state index contributed by atoms with van der Waals surface area (Å²) in [6.45, 7) is 7.06. The maximum absolute atomic E-state index is 13.6. The summed E-state index contributed by atoms with van der Waals surface area (Å²) < 4.78 is 13.6. The summed E-state index contributed by atoms with van der Waals surface area (Å²) in [6.07, 6.45) is 0. The van der Waals surface area contributed by atoms with Crippen LogP contribution in [0.15, 0.2) is 23.1 Å². The molecule has 1 nitrogen and oxygen atoms in total. The largest absolute Gasteiger partial charge is 0.310 e. The molecule has 0 saturated carbocycles. The highest BCUT2D eigenvalue weighted by molar-refractivity contribution is 7.99. The van der Waals surface area contributed by atoms with Crippen molar-refractivity contribution in [3.8, 4) is 0 Å². The lowest BCUT2D eigenvalue weighted by molar-refractivity contribution is 0.558. The van der Waals surface area contributed by atoms with E-state index in [0.717, 1.165) is 22.8 Å². The van der Waals surface area contributed by atoms with Gasteiger partial charge in [-0.1, -0.05) is 26.0 Å². The SMILES string of the molecule is CCNC(C)c1cccc(F)c1SCC. The number of hydrogen-bond acceptors (Lipinski definition) is 2. The molecule has 0 radical (unpaired) electrons. The Bertz CT molecular complexity index is 314. The van der Waals surface area contributed by atoms with Gasteiger partial charge in [-0.2, -0.15) is 0 Å². The van der Waals surface area contributed by atoms with Crippen molar-refractivity contribution in [3.63, 3.8) is 0 Å². The lowest BCUT2D eigenvalue weighted by Crippen LogP contribution is -2.18. The smallest absolute Gasteiger partial charge is 0.137 e. The van der Waals surface area contributed by atoms with E-state index in [-0.39, 0.29) is 11.9 Å². The van der Waals surface area contributed by atoms with E-state index in [1.165, 1.54) is 6.07 Å². The minimum absolute atomic E-state index is 0.107. The fourth-order valence-electron chi connectivity index (χ4n) is 1.58. The molecule has 3 heteroatoms. The third kappa shape index (κ3) is 3.21. The first-order valence-electron chi connectivity index (χ1n) is 5.35. The first-order chi connectivity index (χ1) is 7.20. The fraction of sp³-hybridized carbons (Fsp3) is 0.500. The molecular weight excluding hydrogens is 209 g/mol. The van der Waals surface area contributed by atoms with Crippen molar-refractivity contribution in [2.75, 3.05) is 12.3 Å². The van der Waals surface area contributed by atoms with Crippen molar-refractivity contribution in [2.45, 2.75) is 31.7 Å². The van der Waals surface area contributed by atoms with Gasteiger partial charge in [-0.05, 0) is 30.9 Å². The van der Waals surface area contributed by atoms with Gasteiger partial charge in [-0.3, -0.25) is 0 Å². The van der Waals surface area contributed by atoms with Crippen LogP contribution in [0.2, 0.25) is 0 Å². The number of benzene rings is 1. The topological polar surface area (TPSA) is 12.0 Å². The summed E-state index contributed by atoms with van der Waals surface area (Å²) in [7, 11) is 0. The predicted octanol–water partition coefficient (Wildman–Crippen LogP) is 3.61. The highest BCUT2D eigenvalue weighted by Gasteiger charge is 2.12. The molecule has 1 aromatic carbocycles. The minimum Gasteiger partial charge on any atom is -0.310 e. The Morgan fingerprint density at radius 2 is 2.13 bits per heavy atom. The molecule has 0 aliphatic heterocycles. The van der Waals surface area contributed by atoms with Crippen LogP contribution in [0.4, 0.5) is 4.39 Å². The van der Waals surface area contributed by atoms with Crippen molar-refractivity contribution in [2.24, 2.45) is 0 Å². The normalized spacial score (nSPS) is 12.8. The number of nitrogens with one attached hydrogen (secondary N) is 1. The average Bonchev–Trinajstić information content (AvgIpc) is 2.21. The first kappa shape index (κ1) is 12.5. The van der Waals surface area contributed by atoms with Gasteiger partial charge in [0.15, 0.2) is 0 Å². The van der Waals surface area contributed by atoms with Crippen LogP contribution in [0.3, 0.4) is 0 Å². The molecule has 1 rings (SSSR count). The molecule has 0 aliphatic carbocycles. The summed E-state index contributed by atoms with van der Waals surface area (Å²) in [6, 6.07) is 5.51. The molecule has 15 heavy (non-hydrogen) atoms. The van der Waals surface area contributed by atoms with Gasteiger partial charge in [0, 0.05) is 10.9 Å². The van der Waals surface area contributed by atoms with E-state index in [9.17, 15) is 4.39 Å². The van der Waals surface area contributed by atoms with Crippen LogP contribution in [0.5, 0.6) is 0 Å². The Kier molecular flexibility index (Phi) is 5.12. The Balaban J connectivity index is 2.99. The van der Waals surface area contributed by atoms with E-state index in [1.54, 1.807) is 17.8 Å². The van der Waals surface area contributed by atoms with E-state index in [4.69, 9.17) is 0 Å². The molecule has 0 aromatic heterocycles. The van der Waals surface area contributed by atoms with Crippen LogP contribution in [0, 0.1) is 5.82 Å². The molecule has 0 saturated heterocycles. The summed E-state index contributed by atoms with van der Waals surface area (Å²) in [4.78, 5) is 0.786. The van der Waals surface area contributed by atoms with Crippen LogP contribution >= 0.6 is 11.8 Å². The zero-order valence-electron chi connectivity index (χ0n) is 9.51. The maximum atomic E-state index is 13.6. The molecular formula is C12H18FNS. The van der Waals surface area contributed by atoms with Crippen molar-refractivity contribution < 1.29 is 4.39 Å². The lowest BCUT2D eigenvalue weighted by Gasteiger charge is -2.16. The van der Waals surface area contributed by atoms with Gasteiger partial charge < -0.3 is 5.32 Å². The monoisotopic (exact) mass is 227 g/mol. The van der Waals surface area contributed by atoms with Crippen LogP contribution in [0.1, 0.15) is 32.4 Å². The van der Waals surface area contributed by atoms with Gasteiger partial charge in [-0.25, -0.2) is 4.39 Å². The van der Waals surface area contributed by atoms with E-state index < -0.39 is 0 Å². The van der Waals surface area contributed by atoms with Gasteiger partial charge in [0.25, 0.3) is 0 Å². The van der Waals surface area contributed by atoms with Crippen LogP contribution < -0.4 is 5.32 Å². The van der Waals surface area contributed by atoms with E-state index in [0.29, 0.717) is 0 Å². The third-order valence-corrected chi connectivity index (χ3v) is 3.27. The Labute approximate surface area is 95.5 Å². The average molecular weight is 227 g/mol. The molecule has 1 aromatic rings. The molecule has 0 spiro atoms. The number of halogens is 1. The highest BCUT2D eigenvalue weighted by atomic mass is 32.2. The second-order valence-corrected chi connectivity index (χ2v) is 4.64. The van der Waals surface area contributed by atoms with E-state index in [2.05, 4.69) is 19.2 Å². The predicted molar refractivity (Wildman–Crippen MR) is 64.9 cm³/mol. The van der Waals surface area contributed by atoms with Gasteiger partial charge >= 0.3 is 0 Å². The second kappa shape index (κ2) is 6.13. The molecule has 0 amide bonds. The third-order valence-electron chi connectivity index (χ3n) is 2.26. The summed E-state index contributed by atoms with van der Waals surface area (Å²) in [5.41, 5.74) is 1.06. The molecule has 1 unspecified atom stereocenters. The van der Waals surface area contributed by atoms with Crippen molar-refractivity contribution in [1.82, 2.24) is 5.32 Å². The minimum atomic E-state index is -0.107. The summed E-state index contributed by atoms with van der Waals surface area (Å²) in [5, 5.41) is 3.31. The standard InChI is InChI=1S/C12H18FNS/c1-4-14-9(3)10-7-6-8-11(13)12(10)15-5-2/h6-9,14H,4-5H2,1-3H3. The molecule has 0 aliphatic rings. The van der Waals surface area contributed by atoms with Crippen molar-refractivity contribution in [3.05, 3.63) is 29.6 Å². The lowest BCUT2D eigenvalue weighted by atomic mass is 10.1. The fourth-order valence-corrected chi connectivity index (χ4v) is 2.49. The van der Waals surface area contributed by atoms with Gasteiger partial charge in [0.1, 0.15) is 5.82 Å². The molecule has 1 atom stereocenters. The molecule has 0 bridgehead atoms. The second-order valence-electron chi connectivity index (χ2n) is 3.37. The molecule has 1 N–H and O–H groups in total. The van der Waals surface area contributed by atoms with Crippen molar-refractivity contribution in [1.29, 1.82) is 0 Å². The van der Waals surface area contributed by atoms with Crippen LogP contribution in [-0.2, 0) is 0 Å². The van der Waals surface area contributed by atoms with Gasteiger partial charge in [0.2, 0.25) is 0 Å².